The van der Waals surface area contributed by atoms with Crippen molar-refractivity contribution in [3.63, 3.8) is 0 Å². The number of thiophene rings is 1. The van der Waals surface area contributed by atoms with Gasteiger partial charge in [-0.1, -0.05) is 48.0 Å². The molecule has 0 aliphatic carbocycles. The lowest BCUT2D eigenvalue weighted by Crippen LogP contribution is -2.39. The molecule has 1 aliphatic rings. The number of nitrogens with one attached hydrogen (secondary N) is 1. The van der Waals surface area contributed by atoms with E-state index in [0.29, 0.717) is 31.0 Å². The normalized spacial score (nSPS) is 16.4. The van der Waals surface area contributed by atoms with E-state index in [2.05, 4.69) is 68.0 Å². The number of ether oxygens (including phenoxy) is 1. The highest BCUT2D eigenvalue weighted by Gasteiger charge is 2.33. The lowest BCUT2D eigenvalue weighted by molar-refractivity contribution is 0.0578. The van der Waals surface area contributed by atoms with Crippen molar-refractivity contribution in [3.8, 4) is 0 Å². The molecule has 0 saturated carbocycles. The predicted molar refractivity (Wildman–Crippen MR) is 148 cm³/mol. The molecule has 6 rings (SSSR count). The second-order valence-electron chi connectivity index (χ2n) is 9.87. The summed E-state index contributed by atoms with van der Waals surface area (Å²) in [6.07, 6.45) is 2.14. The van der Waals surface area contributed by atoms with Crippen molar-refractivity contribution in [2.24, 2.45) is 0 Å². The Labute approximate surface area is 224 Å². The van der Waals surface area contributed by atoms with Crippen LogP contribution >= 0.6 is 11.3 Å². The third kappa shape index (κ3) is 5.31. The first kappa shape index (κ1) is 24.7. The van der Waals surface area contributed by atoms with E-state index in [4.69, 9.17) is 4.74 Å². The first-order chi connectivity index (χ1) is 18.6. The largest absolute Gasteiger partial charge is 0.377 e. The molecule has 1 N–H and O–H groups in total. The molecule has 3 aromatic heterocycles. The Balaban J connectivity index is 1.49. The summed E-state index contributed by atoms with van der Waals surface area (Å²) < 4.78 is 7.88. The van der Waals surface area contributed by atoms with Crippen molar-refractivity contribution in [1.82, 2.24) is 30.1 Å². The molecule has 2 atom stereocenters. The number of H-pyrrole nitrogens is 1. The van der Waals surface area contributed by atoms with Gasteiger partial charge in [0.25, 0.3) is 5.56 Å². The molecule has 0 amide bonds. The zero-order chi connectivity index (χ0) is 25.9. The van der Waals surface area contributed by atoms with Gasteiger partial charge < -0.3 is 9.72 Å². The molecule has 194 valence electrons. The minimum Gasteiger partial charge on any atom is -0.377 e. The molecule has 1 saturated heterocycles. The van der Waals surface area contributed by atoms with Crippen LogP contribution in [0.5, 0.6) is 0 Å². The molecule has 5 aromatic rings. The van der Waals surface area contributed by atoms with E-state index in [-0.39, 0.29) is 11.7 Å². The summed E-state index contributed by atoms with van der Waals surface area (Å²) in [5.74, 6) is 0.640. The van der Waals surface area contributed by atoms with E-state index >= 15 is 0 Å². The number of benzene rings is 2. The number of tetrazole rings is 1. The molecule has 4 heterocycles. The number of pyridine rings is 1. The van der Waals surface area contributed by atoms with Crippen LogP contribution in [0, 0.1) is 6.92 Å². The fraction of sp³-hybridized carbons (Fsp3) is 0.310. The predicted octanol–water partition coefficient (Wildman–Crippen LogP) is 4.70. The van der Waals surface area contributed by atoms with Crippen molar-refractivity contribution in [2.45, 2.75) is 45.0 Å². The highest BCUT2D eigenvalue weighted by atomic mass is 32.1. The Morgan fingerprint density at radius 2 is 2.05 bits per heavy atom. The lowest BCUT2D eigenvalue weighted by Gasteiger charge is -2.32. The minimum atomic E-state index is -0.464. The monoisotopic (exact) mass is 526 g/mol. The highest BCUT2D eigenvalue weighted by molar-refractivity contribution is 7.09. The van der Waals surface area contributed by atoms with Gasteiger partial charge >= 0.3 is 0 Å². The Morgan fingerprint density at radius 3 is 2.84 bits per heavy atom. The maximum Gasteiger partial charge on any atom is 0.253 e. The van der Waals surface area contributed by atoms with Crippen LogP contribution in [-0.4, -0.2) is 49.3 Å². The van der Waals surface area contributed by atoms with Gasteiger partial charge in [0.05, 0.1) is 12.6 Å². The topological polar surface area (TPSA) is 88.9 Å². The third-order valence-corrected chi connectivity index (χ3v) is 7.93. The van der Waals surface area contributed by atoms with Crippen LogP contribution in [0.1, 0.15) is 46.3 Å². The number of aryl methyl sites for hydroxylation is 1. The van der Waals surface area contributed by atoms with Crippen molar-refractivity contribution >= 4 is 22.2 Å². The summed E-state index contributed by atoms with van der Waals surface area (Å²) in [5, 5.41) is 16.0. The Bertz CT molecular complexity index is 1560. The van der Waals surface area contributed by atoms with Crippen molar-refractivity contribution in [1.29, 1.82) is 0 Å². The fourth-order valence-electron chi connectivity index (χ4n) is 5.24. The smallest absolute Gasteiger partial charge is 0.253 e. The quantitative estimate of drug-likeness (QED) is 0.299. The number of nitrogens with zero attached hydrogens (tertiary/aromatic N) is 5. The van der Waals surface area contributed by atoms with Crippen LogP contribution in [0.2, 0.25) is 0 Å². The van der Waals surface area contributed by atoms with Gasteiger partial charge in [0.2, 0.25) is 0 Å². The molecule has 1 fully saturated rings. The average molecular weight is 527 g/mol. The molecule has 0 unspecified atom stereocenters. The molecule has 38 heavy (non-hydrogen) atoms. The number of hydrogen-bond acceptors (Lipinski definition) is 7. The van der Waals surface area contributed by atoms with Crippen LogP contribution in [0.15, 0.2) is 76.9 Å². The Hall–Kier alpha value is -3.66. The maximum absolute atomic E-state index is 13.7. The maximum atomic E-state index is 13.7. The minimum absolute atomic E-state index is 0.0951. The molecular formula is C29H30N6O2S. The number of rotatable bonds is 9. The van der Waals surface area contributed by atoms with Gasteiger partial charge in [-0.2, -0.15) is 0 Å². The van der Waals surface area contributed by atoms with Gasteiger partial charge in [-0.05, 0) is 70.8 Å². The molecule has 2 aromatic carbocycles. The van der Waals surface area contributed by atoms with Crippen LogP contribution in [-0.2, 0) is 17.8 Å². The van der Waals surface area contributed by atoms with Crippen LogP contribution in [0.4, 0.5) is 0 Å². The van der Waals surface area contributed by atoms with E-state index in [1.807, 2.05) is 41.1 Å². The summed E-state index contributed by atoms with van der Waals surface area (Å²) in [4.78, 5) is 20.3. The summed E-state index contributed by atoms with van der Waals surface area (Å²) >= 11 is 1.71. The summed E-state index contributed by atoms with van der Waals surface area (Å²) in [6, 6.07) is 21.9. The van der Waals surface area contributed by atoms with Crippen LogP contribution in [0.25, 0.3) is 10.9 Å². The van der Waals surface area contributed by atoms with Gasteiger partial charge in [-0.3, -0.25) is 9.69 Å². The summed E-state index contributed by atoms with van der Waals surface area (Å²) in [6.45, 7) is 4.67. The van der Waals surface area contributed by atoms with Gasteiger partial charge in [0.15, 0.2) is 5.82 Å². The summed E-state index contributed by atoms with van der Waals surface area (Å²) in [5.41, 5.74) is 3.53. The fourth-order valence-corrected chi connectivity index (χ4v) is 5.96. The molecule has 0 spiro atoms. The highest BCUT2D eigenvalue weighted by Crippen LogP contribution is 2.31. The molecule has 8 nitrogen and oxygen atoms in total. The van der Waals surface area contributed by atoms with E-state index < -0.39 is 6.04 Å². The van der Waals surface area contributed by atoms with E-state index in [0.717, 1.165) is 41.5 Å². The number of hydrogen-bond donors (Lipinski definition) is 1. The van der Waals surface area contributed by atoms with E-state index in [9.17, 15) is 4.79 Å². The van der Waals surface area contributed by atoms with Crippen LogP contribution < -0.4 is 5.56 Å². The number of fused-ring (bicyclic) bond motifs is 1. The van der Waals surface area contributed by atoms with E-state index in [1.165, 1.54) is 4.88 Å². The van der Waals surface area contributed by atoms with Crippen molar-refractivity contribution in [3.05, 3.63) is 110 Å². The van der Waals surface area contributed by atoms with Crippen LogP contribution in [0.3, 0.4) is 0 Å². The molecular weight excluding hydrogens is 496 g/mol. The second-order valence-corrected chi connectivity index (χ2v) is 10.9. The number of aromatic amines is 1. The average Bonchev–Trinajstić information content (AvgIpc) is 3.70. The molecule has 0 radical (unpaired) electrons. The third-order valence-electron chi connectivity index (χ3n) is 7.07. The first-order valence-electron chi connectivity index (χ1n) is 13.0. The molecule has 9 heteroatoms. The zero-order valence-corrected chi connectivity index (χ0v) is 22.1. The van der Waals surface area contributed by atoms with Gasteiger partial charge in [-0.15, -0.1) is 16.4 Å². The lowest BCUT2D eigenvalue weighted by atomic mass is 10.0. The van der Waals surface area contributed by atoms with Gasteiger partial charge in [0, 0.05) is 35.7 Å². The standard InChI is InChI=1S/C29H30N6O2S/c1-20-11-12-26-22(15-20)16-25(29(36)30-26)27(28-31-32-33-35(28)17-21-7-3-2-4-8-21)34(18-23-9-5-13-37-23)19-24-10-6-14-38-24/h2-4,6-8,10-12,14-16,23,27H,5,9,13,17-19H2,1H3,(H,30,36)/t23-,27+/m1/s1. The Kier molecular flexibility index (Phi) is 7.13. The number of aromatic nitrogens is 5. The molecule has 1 aliphatic heterocycles. The zero-order valence-electron chi connectivity index (χ0n) is 21.3. The molecule has 0 bridgehead atoms. The van der Waals surface area contributed by atoms with Gasteiger partial charge in [-0.25, -0.2) is 4.68 Å². The van der Waals surface area contributed by atoms with E-state index in [1.54, 1.807) is 11.3 Å². The SMILES string of the molecule is Cc1ccc2[nH]c(=O)c([C@@H](c3nnnn3Cc3ccccc3)N(Cc3cccs3)C[C@H]3CCCO3)cc2c1. The first-order valence-corrected chi connectivity index (χ1v) is 13.8. The second kappa shape index (κ2) is 11.0. The van der Waals surface area contributed by atoms with Crippen molar-refractivity contribution < 1.29 is 4.74 Å². The van der Waals surface area contributed by atoms with Crippen molar-refractivity contribution in [2.75, 3.05) is 13.2 Å². The Morgan fingerprint density at radius 1 is 1.16 bits per heavy atom. The van der Waals surface area contributed by atoms with Gasteiger partial charge in [0.1, 0.15) is 6.04 Å². The summed E-state index contributed by atoms with van der Waals surface area (Å²) in [7, 11) is 0.